The Morgan fingerprint density at radius 2 is 2.18 bits per heavy atom. The summed E-state index contributed by atoms with van der Waals surface area (Å²) in [5, 5.41) is 3.21. The van der Waals surface area contributed by atoms with E-state index < -0.39 is 11.7 Å². The first-order valence-electron chi connectivity index (χ1n) is 6.88. The smallest absolute Gasteiger partial charge is 0.259 e. The van der Waals surface area contributed by atoms with E-state index >= 15 is 0 Å². The second kappa shape index (κ2) is 6.14. The Labute approximate surface area is 141 Å². The van der Waals surface area contributed by atoms with E-state index in [2.05, 4.69) is 17.2 Å². The summed E-state index contributed by atoms with van der Waals surface area (Å²) in [5.41, 5.74) is 1.09. The number of nitrogens with one attached hydrogen (secondary N) is 1. The van der Waals surface area contributed by atoms with Gasteiger partial charge in [0.25, 0.3) is 5.91 Å². The molecule has 7 heteroatoms. The van der Waals surface area contributed by atoms with E-state index in [-0.39, 0.29) is 15.6 Å². The first-order chi connectivity index (χ1) is 10.4. The zero-order valence-electron chi connectivity index (χ0n) is 11.8. The third-order valence-corrected chi connectivity index (χ3v) is 5.30. The van der Waals surface area contributed by atoms with Crippen LogP contribution in [0.15, 0.2) is 12.1 Å². The molecule has 1 atom stereocenters. The van der Waals surface area contributed by atoms with Crippen molar-refractivity contribution in [2.24, 2.45) is 5.92 Å². The molecule has 0 fully saturated rings. The molecular weight excluding hydrogens is 346 g/mol. The van der Waals surface area contributed by atoms with E-state index in [9.17, 15) is 9.18 Å². The number of anilines is 1. The summed E-state index contributed by atoms with van der Waals surface area (Å²) in [5.74, 6) is -0.528. The highest BCUT2D eigenvalue weighted by atomic mass is 35.5. The zero-order chi connectivity index (χ0) is 15.9. The molecule has 1 amide bonds. The van der Waals surface area contributed by atoms with Gasteiger partial charge in [-0.05, 0) is 37.3 Å². The second-order valence-electron chi connectivity index (χ2n) is 5.44. The number of carbonyl (C=O) groups is 1. The summed E-state index contributed by atoms with van der Waals surface area (Å²) in [6, 6.07) is 2.26. The molecule has 1 aromatic heterocycles. The molecule has 1 aliphatic rings. The summed E-state index contributed by atoms with van der Waals surface area (Å²) in [6.45, 7) is 2.21. The fourth-order valence-corrected chi connectivity index (χ4v) is 4.09. The van der Waals surface area contributed by atoms with Crippen LogP contribution in [0.1, 0.15) is 34.3 Å². The van der Waals surface area contributed by atoms with E-state index in [0.29, 0.717) is 11.0 Å². The maximum absolute atomic E-state index is 13.5. The molecule has 0 unspecified atom stereocenters. The van der Waals surface area contributed by atoms with Crippen molar-refractivity contribution < 1.29 is 9.18 Å². The van der Waals surface area contributed by atoms with Crippen LogP contribution in [0.3, 0.4) is 0 Å². The number of fused-ring (bicyclic) bond motifs is 1. The molecule has 0 spiro atoms. The Morgan fingerprint density at radius 3 is 2.95 bits per heavy atom. The molecule has 0 bridgehead atoms. The fraction of sp³-hybridized carbons (Fsp3) is 0.333. The van der Waals surface area contributed by atoms with E-state index in [1.807, 2.05) is 0 Å². The fourth-order valence-electron chi connectivity index (χ4n) is 2.45. The van der Waals surface area contributed by atoms with E-state index in [1.165, 1.54) is 22.3 Å². The minimum absolute atomic E-state index is 0.0464. The molecule has 0 saturated heterocycles. The number of amides is 1. The van der Waals surface area contributed by atoms with E-state index in [4.69, 9.17) is 23.2 Å². The number of halogens is 3. The standard InChI is InChI=1S/C15H13Cl2FN2OS/c1-7-2-3-12-13(4-7)22-15(19-12)20-14(21)8-5-11(18)10(17)6-9(8)16/h5-7H,2-4H2,1H3,(H,19,20,21)/t7-/m1/s1. The van der Waals surface area contributed by atoms with Crippen molar-refractivity contribution in [2.75, 3.05) is 5.32 Å². The average Bonchev–Trinajstić information content (AvgIpc) is 2.83. The number of aryl methyl sites for hydroxylation is 1. The highest BCUT2D eigenvalue weighted by Gasteiger charge is 2.21. The van der Waals surface area contributed by atoms with Gasteiger partial charge >= 0.3 is 0 Å². The summed E-state index contributed by atoms with van der Waals surface area (Å²) in [6.07, 6.45) is 3.02. The van der Waals surface area contributed by atoms with Crippen LogP contribution in [-0.4, -0.2) is 10.9 Å². The van der Waals surface area contributed by atoms with Gasteiger partial charge in [-0.25, -0.2) is 9.37 Å². The predicted octanol–water partition coefficient (Wildman–Crippen LogP) is 4.97. The first kappa shape index (κ1) is 15.7. The van der Waals surface area contributed by atoms with Crippen LogP contribution >= 0.6 is 34.5 Å². The lowest BCUT2D eigenvalue weighted by Crippen LogP contribution is -2.13. The molecule has 1 aliphatic carbocycles. The van der Waals surface area contributed by atoms with Crippen molar-refractivity contribution in [3.8, 4) is 0 Å². The quantitative estimate of drug-likeness (QED) is 0.770. The second-order valence-corrected chi connectivity index (χ2v) is 7.34. The number of thiazole rings is 1. The Hall–Kier alpha value is -1.17. The van der Waals surface area contributed by atoms with Crippen molar-refractivity contribution in [3.05, 3.63) is 44.1 Å². The van der Waals surface area contributed by atoms with Crippen molar-refractivity contribution in [1.82, 2.24) is 4.98 Å². The summed E-state index contributed by atoms with van der Waals surface area (Å²) < 4.78 is 13.5. The Morgan fingerprint density at radius 1 is 1.41 bits per heavy atom. The van der Waals surface area contributed by atoms with Crippen LogP contribution in [-0.2, 0) is 12.8 Å². The molecule has 3 nitrogen and oxygen atoms in total. The van der Waals surface area contributed by atoms with Crippen molar-refractivity contribution in [2.45, 2.75) is 26.2 Å². The summed E-state index contributed by atoms with van der Waals surface area (Å²) in [7, 11) is 0. The van der Waals surface area contributed by atoms with Gasteiger partial charge in [-0.3, -0.25) is 10.1 Å². The molecule has 1 N–H and O–H groups in total. The lowest BCUT2D eigenvalue weighted by Gasteiger charge is -2.15. The first-order valence-corrected chi connectivity index (χ1v) is 8.45. The number of benzene rings is 1. The third-order valence-electron chi connectivity index (χ3n) is 3.66. The van der Waals surface area contributed by atoms with Gasteiger partial charge in [0.05, 0.1) is 21.3 Å². The van der Waals surface area contributed by atoms with Crippen LogP contribution in [0.4, 0.5) is 9.52 Å². The third kappa shape index (κ3) is 3.12. The Kier molecular flexibility index (Phi) is 4.39. The number of nitrogens with zero attached hydrogens (tertiary/aromatic N) is 1. The predicted molar refractivity (Wildman–Crippen MR) is 87.7 cm³/mol. The zero-order valence-corrected chi connectivity index (χ0v) is 14.1. The van der Waals surface area contributed by atoms with Gasteiger partial charge in [-0.1, -0.05) is 30.1 Å². The molecule has 0 radical (unpaired) electrons. The van der Waals surface area contributed by atoms with Gasteiger partial charge in [0.2, 0.25) is 0 Å². The van der Waals surface area contributed by atoms with Gasteiger partial charge < -0.3 is 0 Å². The van der Waals surface area contributed by atoms with Crippen molar-refractivity contribution in [1.29, 1.82) is 0 Å². The molecule has 1 aromatic carbocycles. The minimum Gasteiger partial charge on any atom is -0.298 e. The number of rotatable bonds is 2. The average molecular weight is 359 g/mol. The maximum atomic E-state index is 13.5. The number of hydrogen-bond donors (Lipinski definition) is 1. The largest absolute Gasteiger partial charge is 0.298 e. The van der Waals surface area contributed by atoms with Crippen LogP contribution in [0.25, 0.3) is 0 Å². The van der Waals surface area contributed by atoms with Gasteiger partial charge in [0.15, 0.2) is 5.13 Å². The van der Waals surface area contributed by atoms with Gasteiger partial charge in [-0.15, -0.1) is 11.3 Å². The summed E-state index contributed by atoms with van der Waals surface area (Å²) in [4.78, 5) is 17.9. The molecule has 0 aliphatic heterocycles. The molecule has 3 rings (SSSR count). The number of hydrogen-bond acceptors (Lipinski definition) is 3. The monoisotopic (exact) mass is 358 g/mol. The number of aromatic nitrogens is 1. The molecule has 22 heavy (non-hydrogen) atoms. The van der Waals surface area contributed by atoms with Crippen molar-refractivity contribution >= 4 is 45.6 Å². The lowest BCUT2D eigenvalue weighted by molar-refractivity contribution is 0.102. The Balaban J connectivity index is 1.82. The van der Waals surface area contributed by atoms with Crippen LogP contribution in [0, 0.1) is 11.7 Å². The highest BCUT2D eigenvalue weighted by molar-refractivity contribution is 7.15. The molecular formula is C15H13Cl2FN2OS. The van der Waals surface area contributed by atoms with Gasteiger partial charge in [0.1, 0.15) is 5.82 Å². The maximum Gasteiger partial charge on any atom is 0.259 e. The summed E-state index contributed by atoms with van der Waals surface area (Å²) >= 11 is 13.1. The van der Waals surface area contributed by atoms with Gasteiger partial charge in [-0.2, -0.15) is 0 Å². The molecule has 116 valence electrons. The number of carbonyl (C=O) groups excluding carboxylic acids is 1. The molecule has 2 aromatic rings. The normalized spacial score (nSPS) is 17.2. The lowest BCUT2D eigenvalue weighted by atomic mass is 9.93. The van der Waals surface area contributed by atoms with Gasteiger partial charge in [0, 0.05) is 4.88 Å². The molecule has 1 heterocycles. The van der Waals surface area contributed by atoms with Crippen molar-refractivity contribution in [3.63, 3.8) is 0 Å². The Bertz CT molecular complexity index is 747. The minimum atomic E-state index is -0.677. The van der Waals surface area contributed by atoms with Crippen LogP contribution in [0.5, 0.6) is 0 Å². The van der Waals surface area contributed by atoms with E-state index in [1.54, 1.807) is 0 Å². The molecule has 0 saturated carbocycles. The SMILES string of the molecule is C[C@@H]1CCc2nc(NC(=O)c3cc(F)c(Cl)cc3Cl)sc2C1. The van der Waals surface area contributed by atoms with E-state index in [0.717, 1.165) is 31.0 Å². The highest BCUT2D eigenvalue weighted by Crippen LogP contribution is 2.32. The van der Waals surface area contributed by atoms with Crippen LogP contribution in [0.2, 0.25) is 10.0 Å². The van der Waals surface area contributed by atoms with Crippen LogP contribution < -0.4 is 5.32 Å². The topological polar surface area (TPSA) is 42.0 Å².